The molecule has 0 unspecified atom stereocenters. The van der Waals surface area contributed by atoms with Gasteiger partial charge in [0.2, 0.25) is 15.9 Å². The zero-order valence-corrected chi connectivity index (χ0v) is 16.0. The highest BCUT2D eigenvalue weighted by atomic mass is 32.2. The summed E-state index contributed by atoms with van der Waals surface area (Å²) in [5, 5.41) is 2.76. The van der Waals surface area contributed by atoms with Crippen LogP contribution in [0.15, 0.2) is 42.5 Å². The molecule has 2 aromatic rings. The fourth-order valence-corrected chi connectivity index (χ4v) is 4.79. The molecule has 0 bridgehead atoms. The number of carbonyl (C=O) groups is 2. The normalized spacial score (nSPS) is 18.4. The first kappa shape index (κ1) is 18.9. The lowest BCUT2D eigenvalue weighted by Crippen LogP contribution is -2.30. The highest BCUT2D eigenvalue weighted by molar-refractivity contribution is 7.94. The van der Waals surface area contributed by atoms with Crippen LogP contribution in [0.3, 0.4) is 0 Å². The maximum absolute atomic E-state index is 12.6. The van der Waals surface area contributed by atoms with Gasteiger partial charge in [-0.2, -0.15) is 0 Å². The second kappa shape index (κ2) is 7.03. The Kier molecular flexibility index (Phi) is 4.93. The molecule has 1 saturated heterocycles. The van der Waals surface area contributed by atoms with E-state index >= 15 is 0 Å². The van der Waals surface area contributed by atoms with Crippen molar-refractivity contribution in [3.05, 3.63) is 53.6 Å². The van der Waals surface area contributed by atoms with E-state index in [2.05, 4.69) is 5.32 Å². The molecule has 1 atom stereocenters. The number of hydrogen-bond acceptors (Lipinski definition) is 5. The van der Waals surface area contributed by atoms with Crippen LogP contribution in [0, 0.1) is 12.8 Å². The quantitative estimate of drug-likeness (QED) is 0.869. The molecule has 3 rings (SSSR count). The molecule has 142 valence electrons. The Morgan fingerprint density at radius 1 is 1.22 bits per heavy atom. The van der Waals surface area contributed by atoms with Crippen LogP contribution >= 0.6 is 0 Å². The van der Waals surface area contributed by atoms with Crippen LogP contribution in [0.5, 0.6) is 5.75 Å². The fraction of sp³-hybridized carbons (Fsp3) is 0.263. The number of hydrogen-bond donors (Lipinski definition) is 1. The van der Waals surface area contributed by atoms with Crippen molar-refractivity contribution in [3.8, 4) is 5.75 Å². The molecule has 0 saturated carbocycles. The Morgan fingerprint density at radius 2 is 1.96 bits per heavy atom. The summed E-state index contributed by atoms with van der Waals surface area (Å²) in [6.45, 7) is 3.46. The molecule has 0 spiro atoms. The van der Waals surface area contributed by atoms with Gasteiger partial charge in [0.05, 0.1) is 30.2 Å². The molecule has 1 N–H and O–H groups in total. The topological polar surface area (TPSA) is 92.8 Å². The summed E-state index contributed by atoms with van der Waals surface area (Å²) in [4.78, 5) is 24.9. The zero-order chi connectivity index (χ0) is 19.8. The Morgan fingerprint density at radius 3 is 2.59 bits per heavy atom. The Hall–Kier alpha value is -2.87. The van der Waals surface area contributed by atoms with Crippen LogP contribution in [0.25, 0.3) is 0 Å². The predicted octanol–water partition coefficient (Wildman–Crippen LogP) is 2.57. The van der Waals surface area contributed by atoms with Crippen molar-refractivity contribution in [1.29, 1.82) is 0 Å². The number of ether oxygens (including phenoxy) is 1. The minimum atomic E-state index is -3.72. The van der Waals surface area contributed by atoms with Crippen molar-refractivity contribution < 1.29 is 22.7 Å². The summed E-state index contributed by atoms with van der Waals surface area (Å²) in [7, 11) is -2.22. The van der Waals surface area contributed by atoms with E-state index < -0.39 is 27.8 Å². The third-order valence-electron chi connectivity index (χ3n) is 4.31. The largest absolute Gasteiger partial charge is 0.495 e. The maximum Gasteiger partial charge on any atom is 0.255 e. The molecule has 1 fully saturated rings. The van der Waals surface area contributed by atoms with Gasteiger partial charge in [-0.05, 0) is 42.8 Å². The highest BCUT2D eigenvalue weighted by Crippen LogP contribution is 2.30. The number of methoxy groups -OCH3 is 1. The molecule has 2 aromatic carbocycles. The Balaban J connectivity index is 1.91. The molecular weight excluding hydrogens is 368 g/mol. The molecule has 27 heavy (non-hydrogen) atoms. The van der Waals surface area contributed by atoms with E-state index in [1.54, 1.807) is 31.2 Å². The maximum atomic E-state index is 12.6. The van der Waals surface area contributed by atoms with Gasteiger partial charge in [-0.1, -0.05) is 19.1 Å². The number of sulfonamides is 1. The first-order chi connectivity index (χ1) is 12.7. The number of nitrogens with one attached hydrogen (secondary N) is 1. The Labute approximate surface area is 158 Å². The SMILES string of the molecule is COc1ccc(C)cc1NC(=O)c1cccc(N2C(=O)[C@@H](C)CS2(=O)=O)c1. The molecule has 1 heterocycles. The van der Waals surface area contributed by atoms with E-state index in [4.69, 9.17) is 4.74 Å². The number of amides is 2. The van der Waals surface area contributed by atoms with Gasteiger partial charge >= 0.3 is 0 Å². The summed E-state index contributed by atoms with van der Waals surface area (Å²) in [5.74, 6) is -1.26. The van der Waals surface area contributed by atoms with Gasteiger partial charge in [0.25, 0.3) is 5.91 Å². The number of aryl methyl sites for hydroxylation is 1. The lowest BCUT2D eigenvalue weighted by Gasteiger charge is -2.16. The van der Waals surface area contributed by atoms with E-state index in [0.29, 0.717) is 11.4 Å². The van der Waals surface area contributed by atoms with Crippen molar-refractivity contribution in [2.45, 2.75) is 13.8 Å². The van der Waals surface area contributed by atoms with Crippen molar-refractivity contribution in [2.75, 3.05) is 22.5 Å². The predicted molar refractivity (Wildman–Crippen MR) is 103 cm³/mol. The smallest absolute Gasteiger partial charge is 0.255 e. The van der Waals surface area contributed by atoms with Crippen LogP contribution in [0.4, 0.5) is 11.4 Å². The molecule has 0 aliphatic carbocycles. The van der Waals surface area contributed by atoms with Crippen molar-refractivity contribution >= 4 is 33.2 Å². The summed E-state index contributed by atoms with van der Waals surface area (Å²) in [5.41, 5.74) is 1.85. The second-order valence-corrected chi connectivity index (χ2v) is 8.35. The summed E-state index contributed by atoms with van der Waals surface area (Å²) in [6.07, 6.45) is 0. The minimum absolute atomic E-state index is 0.160. The summed E-state index contributed by atoms with van der Waals surface area (Å²) >= 11 is 0. The number of benzene rings is 2. The summed E-state index contributed by atoms with van der Waals surface area (Å²) in [6, 6.07) is 11.4. The first-order valence-electron chi connectivity index (χ1n) is 8.36. The van der Waals surface area contributed by atoms with Crippen molar-refractivity contribution in [2.24, 2.45) is 5.92 Å². The molecule has 8 heteroatoms. The third kappa shape index (κ3) is 3.66. The minimum Gasteiger partial charge on any atom is -0.495 e. The molecule has 2 amide bonds. The molecular formula is C19H20N2O5S. The number of nitrogens with zero attached hydrogens (tertiary/aromatic N) is 1. The second-order valence-electron chi connectivity index (χ2n) is 6.49. The van der Waals surface area contributed by atoms with Crippen LogP contribution in [-0.4, -0.2) is 33.1 Å². The average molecular weight is 388 g/mol. The highest BCUT2D eigenvalue weighted by Gasteiger charge is 2.42. The number of anilines is 2. The van der Waals surface area contributed by atoms with Gasteiger partial charge in [-0.25, -0.2) is 12.7 Å². The van der Waals surface area contributed by atoms with Gasteiger partial charge in [0.1, 0.15) is 5.75 Å². The van der Waals surface area contributed by atoms with E-state index in [-0.39, 0.29) is 17.0 Å². The van der Waals surface area contributed by atoms with E-state index in [0.717, 1.165) is 9.87 Å². The van der Waals surface area contributed by atoms with Gasteiger partial charge in [-0.15, -0.1) is 0 Å². The molecule has 0 aromatic heterocycles. The van der Waals surface area contributed by atoms with Crippen LogP contribution in [0.1, 0.15) is 22.8 Å². The van der Waals surface area contributed by atoms with Gasteiger partial charge in [-0.3, -0.25) is 9.59 Å². The van der Waals surface area contributed by atoms with Gasteiger partial charge in [0.15, 0.2) is 0 Å². The summed E-state index contributed by atoms with van der Waals surface area (Å²) < 4.78 is 30.6. The zero-order valence-electron chi connectivity index (χ0n) is 15.2. The third-order valence-corrected chi connectivity index (χ3v) is 6.17. The van der Waals surface area contributed by atoms with E-state index in [1.165, 1.54) is 19.2 Å². The lowest BCUT2D eigenvalue weighted by molar-refractivity contribution is -0.119. The molecule has 7 nitrogen and oxygen atoms in total. The fourth-order valence-electron chi connectivity index (χ4n) is 2.97. The van der Waals surface area contributed by atoms with Crippen molar-refractivity contribution in [3.63, 3.8) is 0 Å². The number of rotatable bonds is 4. The van der Waals surface area contributed by atoms with E-state index in [1.807, 2.05) is 13.0 Å². The van der Waals surface area contributed by atoms with Gasteiger partial charge < -0.3 is 10.1 Å². The standard InChI is InChI=1S/C19H20N2O5S/c1-12-7-8-17(26-3)16(9-12)20-18(22)14-5-4-6-15(10-14)21-19(23)13(2)11-27(21,24)25/h4-10,13H,11H2,1-3H3,(H,20,22)/t13-/m0/s1. The monoisotopic (exact) mass is 388 g/mol. The van der Waals surface area contributed by atoms with Crippen LogP contribution in [-0.2, 0) is 14.8 Å². The number of carbonyl (C=O) groups excluding carboxylic acids is 2. The first-order valence-corrected chi connectivity index (χ1v) is 9.97. The average Bonchev–Trinajstić information content (AvgIpc) is 2.82. The molecule has 0 radical (unpaired) electrons. The Bertz CT molecular complexity index is 1020. The van der Waals surface area contributed by atoms with E-state index in [9.17, 15) is 18.0 Å². The molecule has 1 aliphatic rings. The molecule has 1 aliphatic heterocycles. The van der Waals surface area contributed by atoms with Crippen molar-refractivity contribution in [1.82, 2.24) is 0 Å². The van der Waals surface area contributed by atoms with Crippen LogP contribution in [0.2, 0.25) is 0 Å². The lowest BCUT2D eigenvalue weighted by atomic mass is 10.1. The van der Waals surface area contributed by atoms with Gasteiger partial charge in [0, 0.05) is 5.56 Å². The van der Waals surface area contributed by atoms with Crippen LogP contribution < -0.4 is 14.4 Å².